The molecule has 0 fully saturated rings. The molecule has 4 heterocycles. The molecule has 3 aromatic heterocycles. The lowest BCUT2D eigenvalue weighted by atomic mass is 10.1. The number of ether oxygens (including phenoxy) is 2. The van der Waals surface area contributed by atoms with Crippen molar-refractivity contribution in [3.05, 3.63) is 47.4 Å². The minimum Gasteiger partial charge on any atom is -0.482 e. The van der Waals surface area contributed by atoms with Gasteiger partial charge >= 0.3 is 0 Å². The molecule has 0 spiro atoms. The zero-order chi connectivity index (χ0) is 23.9. The SMILES string of the molecule is COc1ncc(-c2cc(C)c3c(n2)CN(c2ccn(C(C)(C)C)n2)C3=O)cc1OCC(F)F. The van der Waals surface area contributed by atoms with E-state index in [1.54, 1.807) is 17.0 Å². The summed E-state index contributed by atoms with van der Waals surface area (Å²) < 4.78 is 37.3. The average molecular weight is 457 g/mol. The summed E-state index contributed by atoms with van der Waals surface area (Å²) in [5, 5.41) is 4.56. The maximum Gasteiger partial charge on any atom is 0.272 e. The van der Waals surface area contributed by atoms with Gasteiger partial charge in [-0.2, -0.15) is 5.10 Å². The Bertz CT molecular complexity index is 1200. The number of amides is 1. The molecule has 1 amide bonds. The number of carbonyl (C=O) groups is 1. The smallest absolute Gasteiger partial charge is 0.272 e. The number of pyridine rings is 2. The van der Waals surface area contributed by atoms with E-state index in [4.69, 9.17) is 9.47 Å². The van der Waals surface area contributed by atoms with Crippen molar-refractivity contribution in [2.45, 2.75) is 46.2 Å². The fraction of sp³-hybridized carbons (Fsp3) is 0.391. The molecule has 0 radical (unpaired) electrons. The Morgan fingerprint density at radius 2 is 2.00 bits per heavy atom. The molecule has 33 heavy (non-hydrogen) atoms. The van der Waals surface area contributed by atoms with E-state index in [0.717, 1.165) is 5.56 Å². The molecule has 0 aromatic carbocycles. The normalized spacial score (nSPS) is 13.6. The summed E-state index contributed by atoms with van der Waals surface area (Å²) >= 11 is 0. The molecule has 0 unspecified atom stereocenters. The van der Waals surface area contributed by atoms with Crippen LogP contribution in [0.1, 0.15) is 42.4 Å². The number of carbonyl (C=O) groups excluding carboxylic acids is 1. The van der Waals surface area contributed by atoms with Gasteiger partial charge in [0.05, 0.1) is 36.1 Å². The van der Waals surface area contributed by atoms with E-state index in [2.05, 4.69) is 15.1 Å². The largest absolute Gasteiger partial charge is 0.482 e. The number of halogens is 2. The van der Waals surface area contributed by atoms with Gasteiger partial charge in [0.2, 0.25) is 0 Å². The van der Waals surface area contributed by atoms with Crippen LogP contribution in [0.15, 0.2) is 30.6 Å². The van der Waals surface area contributed by atoms with Crippen molar-refractivity contribution in [1.82, 2.24) is 19.7 Å². The zero-order valence-corrected chi connectivity index (χ0v) is 19.1. The van der Waals surface area contributed by atoms with Crippen LogP contribution in [0.3, 0.4) is 0 Å². The number of methoxy groups -OCH3 is 1. The van der Waals surface area contributed by atoms with Crippen LogP contribution < -0.4 is 14.4 Å². The van der Waals surface area contributed by atoms with Crippen molar-refractivity contribution in [2.75, 3.05) is 18.6 Å². The first kappa shape index (κ1) is 22.6. The predicted octanol–water partition coefficient (Wildman–Crippen LogP) is 4.22. The monoisotopic (exact) mass is 457 g/mol. The molecule has 174 valence electrons. The van der Waals surface area contributed by atoms with E-state index in [9.17, 15) is 13.6 Å². The van der Waals surface area contributed by atoms with Crippen LogP contribution in [-0.2, 0) is 12.1 Å². The number of anilines is 1. The lowest BCUT2D eigenvalue weighted by molar-refractivity contribution is 0.0801. The summed E-state index contributed by atoms with van der Waals surface area (Å²) in [5.41, 5.74) is 2.82. The van der Waals surface area contributed by atoms with Crippen LogP contribution in [0.2, 0.25) is 0 Å². The molecular weight excluding hydrogens is 432 g/mol. The maximum atomic E-state index is 13.1. The lowest BCUT2D eigenvalue weighted by Gasteiger charge is -2.19. The first-order valence-electron chi connectivity index (χ1n) is 10.4. The van der Waals surface area contributed by atoms with Gasteiger partial charge in [-0.3, -0.25) is 19.4 Å². The Labute approximate surface area is 190 Å². The number of alkyl halides is 2. The molecule has 0 atom stereocenters. The summed E-state index contributed by atoms with van der Waals surface area (Å²) in [4.78, 5) is 23.6. The van der Waals surface area contributed by atoms with Crippen molar-refractivity contribution in [1.29, 1.82) is 0 Å². The number of aryl methyl sites for hydroxylation is 1. The van der Waals surface area contributed by atoms with Gasteiger partial charge in [0.15, 0.2) is 11.6 Å². The highest BCUT2D eigenvalue weighted by Gasteiger charge is 2.33. The second-order valence-electron chi connectivity index (χ2n) is 8.76. The van der Waals surface area contributed by atoms with Crippen molar-refractivity contribution < 1.29 is 23.0 Å². The fourth-order valence-electron chi connectivity index (χ4n) is 3.65. The predicted molar refractivity (Wildman–Crippen MR) is 118 cm³/mol. The summed E-state index contributed by atoms with van der Waals surface area (Å²) in [7, 11) is 1.39. The second-order valence-corrected chi connectivity index (χ2v) is 8.76. The van der Waals surface area contributed by atoms with Crippen molar-refractivity contribution >= 4 is 11.7 Å². The van der Waals surface area contributed by atoms with Crippen molar-refractivity contribution in [2.24, 2.45) is 0 Å². The Morgan fingerprint density at radius 1 is 1.24 bits per heavy atom. The second kappa shape index (κ2) is 8.42. The summed E-state index contributed by atoms with van der Waals surface area (Å²) in [5.74, 6) is 0.603. The molecule has 0 N–H and O–H groups in total. The maximum absolute atomic E-state index is 13.1. The van der Waals surface area contributed by atoms with Gasteiger partial charge in [0, 0.05) is 24.0 Å². The van der Waals surface area contributed by atoms with Crippen LogP contribution in [0.5, 0.6) is 11.6 Å². The van der Waals surface area contributed by atoms with E-state index >= 15 is 0 Å². The van der Waals surface area contributed by atoms with E-state index in [0.29, 0.717) is 28.3 Å². The Balaban J connectivity index is 1.67. The summed E-state index contributed by atoms with van der Waals surface area (Å²) in [6.07, 6.45) is 0.751. The van der Waals surface area contributed by atoms with Crippen molar-refractivity contribution in [3.63, 3.8) is 0 Å². The van der Waals surface area contributed by atoms with Gasteiger partial charge in [-0.05, 0) is 45.4 Å². The third-order valence-corrected chi connectivity index (χ3v) is 5.27. The average Bonchev–Trinajstić information content (AvgIpc) is 3.37. The Morgan fingerprint density at radius 3 is 2.64 bits per heavy atom. The molecule has 0 bridgehead atoms. The standard InChI is InChI=1S/C23H25F2N5O3/c1-13-8-15(14-9-17(33-12-18(24)25)21(32-5)26-10-14)27-16-11-29(22(31)20(13)16)19-6-7-30(28-19)23(2,3)4/h6-10,18H,11-12H2,1-5H3. The van der Waals surface area contributed by atoms with Crippen LogP contribution >= 0.6 is 0 Å². The Kier molecular flexibility index (Phi) is 5.77. The number of aromatic nitrogens is 4. The molecule has 1 aliphatic heterocycles. The van der Waals surface area contributed by atoms with Gasteiger partial charge in [0.25, 0.3) is 18.2 Å². The molecule has 0 aliphatic carbocycles. The summed E-state index contributed by atoms with van der Waals surface area (Å²) in [6, 6.07) is 5.14. The molecule has 10 heteroatoms. The van der Waals surface area contributed by atoms with Crippen LogP contribution in [-0.4, -0.2) is 45.8 Å². The van der Waals surface area contributed by atoms with Gasteiger partial charge < -0.3 is 9.47 Å². The van der Waals surface area contributed by atoms with E-state index in [1.807, 2.05) is 44.6 Å². The minimum absolute atomic E-state index is 0.0978. The van der Waals surface area contributed by atoms with Crippen LogP contribution in [0.25, 0.3) is 11.3 Å². The lowest BCUT2D eigenvalue weighted by Crippen LogP contribution is -2.26. The van der Waals surface area contributed by atoms with E-state index in [-0.39, 0.29) is 29.6 Å². The zero-order valence-electron chi connectivity index (χ0n) is 19.1. The molecule has 4 rings (SSSR count). The van der Waals surface area contributed by atoms with Gasteiger partial charge in [-0.1, -0.05) is 0 Å². The first-order valence-corrected chi connectivity index (χ1v) is 10.4. The third kappa shape index (κ3) is 4.37. The van der Waals surface area contributed by atoms with Crippen LogP contribution in [0, 0.1) is 6.92 Å². The number of rotatable bonds is 6. The van der Waals surface area contributed by atoms with Crippen molar-refractivity contribution in [3.8, 4) is 22.9 Å². The molecule has 1 aliphatic rings. The molecule has 8 nitrogen and oxygen atoms in total. The molecule has 0 saturated carbocycles. The fourth-order valence-corrected chi connectivity index (χ4v) is 3.65. The highest BCUT2D eigenvalue weighted by molar-refractivity contribution is 6.10. The molecule has 3 aromatic rings. The van der Waals surface area contributed by atoms with Gasteiger partial charge in [-0.15, -0.1) is 0 Å². The topological polar surface area (TPSA) is 82.4 Å². The highest BCUT2D eigenvalue weighted by atomic mass is 19.3. The molecular formula is C23H25F2N5O3. The number of hydrogen-bond acceptors (Lipinski definition) is 6. The number of nitrogens with zero attached hydrogens (tertiary/aromatic N) is 5. The Hall–Kier alpha value is -3.56. The van der Waals surface area contributed by atoms with Crippen LogP contribution in [0.4, 0.5) is 14.6 Å². The first-order chi connectivity index (χ1) is 15.6. The van der Waals surface area contributed by atoms with Gasteiger partial charge in [-0.25, -0.2) is 13.8 Å². The highest BCUT2D eigenvalue weighted by Crippen LogP contribution is 2.34. The molecule has 0 saturated heterocycles. The van der Waals surface area contributed by atoms with Gasteiger partial charge in [0.1, 0.15) is 6.61 Å². The minimum atomic E-state index is -2.63. The van der Waals surface area contributed by atoms with E-state index in [1.165, 1.54) is 13.3 Å². The third-order valence-electron chi connectivity index (χ3n) is 5.27. The quantitative estimate of drug-likeness (QED) is 0.551. The number of fused-ring (bicyclic) bond motifs is 1. The summed E-state index contributed by atoms with van der Waals surface area (Å²) in [6.45, 7) is 7.44. The van der Waals surface area contributed by atoms with E-state index < -0.39 is 13.0 Å². The number of hydrogen-bond donors (Lipinski definition) is 0.